The van der Waals surface area contributed by atoms with Crippen LogP contribution >= 0.6 is 0 Å². The quantitative estimate of drug-likeness (QED) is 0.226. The number of carboxylic acids is 4. The summed E-state index contributed by atoms with van der Waals surface area (Å²) in [6.07, 6.45) is 3.03. The highest BCUT2D eigenvalue weighted by molar-refractivity contribution is 5.78. The molecule has 0 aliphatic carbocycles. The van der Waals surface area contributed by atoms with Gasteiger partial charge in [-0.3, -0.25) is 29.0 Å². The molecule has 186 valence electrons. The van der Waals surface area contributed by atoms with Crippen molar-refractivity contribution in [2.24, 2.45) is 0 Å². The molecular formula is C22H40N2O8. The van der Waals surface area contributed by atoms with Gasteiger partial charge in [0, 0.05) is 13.1 Å². The van der Waals surface area contributed by atoms with E-state index in [2.05, 4.69) is 0 Å². The van der Waals surface area contributed by atoms with Crippen molar-refractivity contribution in [2.45, 2.75) is 103 Å². The smallest absolute Gasteiger partial charge is 0.320 e. The topological polar surface area (TPSA) is 156 Å². The average molecular weight is 461 g/mol. The fourth-order valence-electron chi connectivity index (χ4n) is 4.11. The van der Waals surface area contributed by atoms with E-state index in [1.807, 2.05) is 0 Å². The number of rotatable bonds is 19. The molecule has 0 spiro atoms. The zero-order valence-electron chi connectivity index (χ0n) is 19.7. The van der Waals surface area contributed by atoms with Crippen LogP contribution in [0.3, 0.4) is 0 Å². The van der Waals surface area contributed by atoms with Crippen molar-refractivity contribution in [1.82, 2.24) is 9.80 Å². The Morgan fingerprint density at radius 1 is 0.500 bits per heavy atom. The van der Waals surface area contributed by atoms with Crippen molar-refractivity contribution in [1.29, 1.82) is 0 Å². The number of nitrogens with zero attached hydrogens (tertiary/aromatic N) is 2. The minimum Gasteiger partial charge on any atom is -0.480 e. The van der Waals surface area contributed by atoms with E-state index < -0.39 is 48.0 Å². The lowest BCUT2D eigenvalue weighted by molar-refractivity contribution is -0.156. The second-order valence-electron chi connectivity index (χ2n) is 8.05. The van der Waals surface area contributed by atoms with E-state index >= 15 is 0 Å². The molecule has 0 saturated heterocycles. The Morgan fingerprint density at radius 3 is 0.812 bits per heavy atom. The standard InChI is InChI=1S/C22H40N2O8/c1-5-9-15(19(25)26)23(16(10-6-2)20(27)28)13-14-24(17(11-7-3)21(29)30)18(12-8-4)22(31)32/h15-18H,5-14H2,1-4H3,(H,25,26)(H,27,28)(H,29,30)(H,31,32). The lowest BCUT2D eigenvalue weighted by Crippen LogP contribution is -2.57. The summed E-state index contributed by atoms with van der Waals surface area (Å²) >= 11 is 0. The van der Waals surface area contributed by atoms with E-state index in [1.165, 1.54) is 9.80 Å². The normalized spacial score (nSPS) is 15.3. The van der Waals surface area contributed by atoms with Gasteiger partial charge in [0.1, 0.15) is 24.2 Å². The van der Waals surface area contributed by atoms with Crippen LogP contribution in [0.1, 0.15) is 79.1 Å². The van der Waals surface area contributed by atoms with Crippen LogP contribution in [0.15, 0.2) is 0 Å². The molecule has 0 rings (SSSR count). The number of hydrogen-bond donors (Lipinski definition) is 4. The highest BCUT2D eigenvalue weighted by Gasteiger charge is 2.38. The Labute approximate surface area is 190 Å². The van der Waals surface area contributed by atoms with E-state index in [4.69, 9.17) is 0 Å². The van der Waals surface area contributed by atoms with Crippen LogP contribution in [0.25, 0.3) is 0 Å². The van der Waals surface area contributed by atoms with E-state index in [9.17, 15) is 39.6 Å². The third-order valence-electron chi connectivity index (χ3n) is 5.61. The van der Waals surface area contributed by atoms with Gasteiger partial charge in [0.2, 0.25) is 0 Å². The zero-order valence-corrected chi connectivity index (χ0v) is 19.7. The Balaban J connectivity index is 6.20. The molecule has 0 radical (unpaired) electrons. The van der Waals surface area contributed by atoms with Gasteiger partial charge < -0.3 is 20.4 Å². The summed E-state index contributed by atoms with van der Waals surface area (Å²) in [5.74, 6) is -4.58. The van der Waals surface area contributed by atoms with E-state index in [1.54, 1.807) is 27.7 Å². The van der Waals surface area contributed by atoms with Gasteiger partial charge in [0.05, 0.1) is 0 Å². The van der Waals surface area contributed by atoms with Gasteiger partial charge in [-0.1, -0.05) is 53.4 Å². The molecule has 0 aliphatic heterocycles. The fourth-order valence-corrected chi connectivity index (χ4v) is 4.11. The molecule has 0 heterocycles. The predicted molar refractivity (Wildman–Crippen MR) is 119 cm³/mol. The second-order valence-corrected chi connectivity index (χ2v) is 8.05. The third-order valence-corrected chi connectivity index (χ3v) is 5.61. The van der Waals surface area contributed by atoms with Crippen LogP contribution in [0.4, 0.5) is 0 Å². The molecule has 0 aromatic rings. The molecular weight excluding hydrogens is 420 g/mol. The minimum absolute atomic E-state index is 0.0606. The van der Waals surface area contributed by atoms with Crippen LogP contribution < -0.4 is 0 Å². The van der Waals surface area contributed by atoms with Crippen molar-refractivity contribution in [3.63, 3.8) is 0 Å². The third kappa shape index (κ3) is 9.12. The summed E-state index contributed by atoms with van der Waals surface area (Å²) in [5.41, 5.74) is 0. The summed E-state index contributed by atoms with van der Waals surface area (Å²) in [7, 11) is 0. The first-order valence-corrected chi connectivity index (χ1v) is 11.5. The maximum absolute atomic E-state index is 12.0. The molecule has 4 N–H and O–H groups in total. The largest absolute Gasteiger partial charge is 0.480 e. The summed E-state index contributed by atoms with van der Waals surface area (Å²) in [5, 5.41) is 39.1. The highest BCUT2D eigenvalue weighted by Crippen LogP contribution is 2.20. The molecule has 0 aliphatic rings. The number of carbonyl (C=O) groups is 4. The van der Waals surface area contributed by atoms with Crippen molar-refractivity contribution in [3.8, 4) is 0 Å². The van der Waals surface area contributed by atoms with Gasteiger partial charge >= 0.3 is 23.9 Å². The van der Waals surface area contributed by atoms with E-state index in [-0.39, 0.29) is 38.8 Å². The van der Waals surface area contributed by atoms with Gasteiger partial charge in [0.15, 0.2) is 0 Å². The molecule has 0 bridgehead atoms. The van der Waals surface area contributed by atoms with Crippen LogP contribution in [0, 0.1) is 0 Å². The molecule has 4 unspecified atom stereocenters. The van der Waals surface area contributed by atoms with Gasteiger partial charge in [-0.2, -0.15) is 0 Å². The molecule has 0 amide bonds. The Morgan fingerprint density at radius 2 is 0.688 bits per heavy atom. The van der Waals surface area contributed by atoms with Crippen LogP contribution in [0.2, 0.25) is 0 Å². The zero-order chi connectivity index (χ0) is 24.8. The number of hydrogen-bond acceptors (Lipinski definition) is 6. The highest BCUT2D eigenvalue weighted by atomic mass is 16.4. The SMILES string of the molecule is CCCC(C(=O)O)N(CCN(C(CCC)C(=O)O)C(CCC)C(=O)O)C(CCC)C(=O)O. The monoisotopic (exact) mass is 460 g/mol. The first kappa shape index (κ1) is 29.8. The Kier molecular flexibility index (Phi) is 14.5. The lowest BCUT2D eigenvalue weighted by atomic mass is 10.0. The molecule has 0 aromatic carbocycles. The van der Waals surface area contributed by atoms with Crippen molar-refractivity contribution >= 4 is 23.9 Å². The minimum atomic E-state index is -1.15. The summed E-state index contributed by atoms with van der Waals surface area (Å²) < 4.78 is 0. The van der Waals surface area contributed by atoms with Crippen molar-refractivity contribution < 1.29 is 39.6 Å². The molecule has 10 heteroatoms. The van der Waals surface area contributed by atoms with Gasteiger partial charge in [-0.25, -0.2) is 0 Å². The van der Waals surface area contributed by atoms with E-state index in [0.717, 1.165) is 0 Å². The number of aliphatic carboxylic acids is 4. The number of carboxylic acid groups (broad SMARTS) is 4. The summed E-state index contributed by atoms with van der Waals surface area (Å²) in [4.78, 5) is 50.6. The Bertz CT molecular complexity index is 513. The maximum Gasteiger partial charge on any atom is 0.320 e. The lowest BCUT2D eigenvalue weighted by Gasteiger charge is -2.38. The molecule has 4 atom stereocenters. The van der Waals surface area contributed by atoms with Crippen LogP contribution in [-0.4, -0.2) is 91.4 Å². The first-order chi connectivity index (χ1) is 15.1. The molecule has 32 heavy (non-hydrogen) atoms. The summed E-state index contributed by atoms with van der Waals surface area (Å²) in [6, 6.07) is -4.23. The van der Waals surface area contributed by atoms with Crippen LogP contribution in [0.5, 0.6) is 0 Å². The molecule has 10 nitrogen and oxygen atoms in total. The Hall–Kier alpha value is -2.20. The average Bonchev–Trinajstić information content (AvgIpc) is 2.71. The van der Waals surface area contributed by atoms with Gasteiger partial charge in [-0.15, -0.1) is 0 Å². The maximum atomic E-state index is 12.0. The molecule has 0 saturated carbocycles. The fraction of sp³-hybridized carbons (Fsp3) is 0.818. The van der Waals surface area contributed by atoms with Gasteiger partial charge in [-0.05, 0) is 25.7 Å². The van der Waals surface area contributed by atoms with Crippen molar-refractivity contribution in [2.75, 3.05) is 13.1 Å². The van der Waals surface area contributed by atoms with Gasteiger partial charge in [0.25, 0.3) is 0 Å². The predicted octanol–water partition coefficient (Wildman–Crippen LogP) is 2.60. The summed E-state index contributed by atoms with van der Waals surface area (Å²) in [6.45, 7) is 7.10. The van der Waals surface area contributed by atoms with E-state index in [0.29, 0.717) is 25.7 Å². The molecule has 0 aromatic heterocycles. The second kappa shape index (κ2) is 15.6. The van der Waals surface area contributed by atoms with Crippen LogP contribution in [-0.2, 0) is 19.2 Å². The molecule has 0 fully saturated rings. The van der Waals surface area contributed by atoms with Crippen molar-refractivity contribution in [3.05, 3.63) is 0 Å². The first-order valence-electron chi connectivity index (χ1n) is 11.5.